The van der Waals surface area contributed by atoms with Crippen LogP contribution in [-0.4, -0.2) is 56.3 Å². The second kappa shape index (κ2) is 13.2. The maximum absolute atomic E-state index is 12.8. The maximum atomic E-state index is 12.8. The Labute approximate surface area is 272 Å². The average Bonchev–Trinajstić information content (AvgIpc) is 3.49. The van der Waals surface area contributed by atoms with Gasteiger partial charge in [-0.1, -0.05) is 54.6 Å². The summed E-state index contributed by atoms with van der Waals surface area (Å²) in [7, 11) is 1.54. The van der Waals surface area contributed by atoms with Gasteiger partial charge >= 0.3 is 0 Å². The fourth-order valence-electron chi connectivity index (χ4n) is 5.91. The molecule has 10 heteroatoms. The predicted molar refractivity (Wildman–Crippen MR) is 181 cm³/mol. The lowest BCUT2D eigenvalue weighted by atomic mass is 9.99. The first-order chi connectivity index (χ1) is 23.0. The van der Waals surface area contributed by atoms with E-state index in [0.717, 1.165) is 45.8 Å². The number of hydrogen-bond donors (Lipinski definition) is 2. The fraction of sp³-hybridized carbons (Fsp3) is 0.162. The number of aromatic nitrogens is 4. The predicted octanol–water partition coefficient (Wildman–Crippen LogP) is 5.91. The van der Waals surface area contributed by atoms with E-state index >= 15 is 0 Å². The van der Waals surface area contributed by atoms with Crippen LogP contribution in [0.1, 0.15) is 16.7 Å². The van der Waals surface area contributed by atoms with Gasteiger partial charge in [0.15, 0.2) is 0 Å². The quantitative estimate of drug-likeness (QED) is 0.206. The second-order valence-electron chi connectivity index (χ2n) is 11.4. The summed E-state index contributed by atoms with van der Waals surface area (Å²) in [5, 5.41) is 6.40. The molecule has 2 N–H and O–H groups in total. The lowest BCUT2D eigenvalue weighted by Crippen LogP contribution is -2.38. The van der Waals surface area contributed by atoms with Gasteiger partial charge in [-0.25, -0.2) is 15.0 Å². The van der Waals surface area contributed by atoms with E-state index in [2.05, 4.69) is 21.7 Å². The van der Waals surface area contributed by atoms with Gasteiger partial charge in [0.05, 0.1) is 23.5 Å². The molecule has 1 aliphatic heterocycles. The largest absolute Gasteiger partial charge is 0.375 e. The molecule has 4 heterocycles. The van der Waals surface area contributed by atoms with Gasteiger partial charge in [-0.05, 0) is 65.6 Å². The second-order valence-corrected chi connectivity index (χ2v) is 11.4. The molecule has 2 amide bonds. The normalized spacial score (nSPS) is 12.5. The van der Waals surface area contributed by atoms with E-state index < -0.39 is 0 Å². The molecule has 10 nitrogen and oxygen atoms in total. The Morgan fingerprint density at radius 1 is 0.872 bits per heavy atom. The summed E-state index contributed by atoms with van der Waals surface area (Å²) in [6.45, 7) is 1.31. The van der Waals surface area contributed by atoms with Crippen LogP contribution in [0, 0.1) is 0 Å². The topological polar surface area (TPSA) is 114 Å². The number of pyridine rings is 1. The Hall–Kier alpha value is -5.87. The maximum Gasteiger partial charge on any atom is 0.248 e. The molecule has 0 aliphatic carbocycles. The SMILES string of the molecule is COCC(=O)N1CCc2cc(Nc3nccc(-c4c(-c5cccc(NC(=O)Cc6ccccc6)c5)nc5ccccn45)n3)ccc2C1. The van der Waals surface area contributed by atoms with Crippen LogP contribution < -0.4 is 10.6 Å². The first-order valence-corrected chi connectivity index (χ1v) is 15.4. The minimum atomic E-state index is -0.0887. The van der Waals surface area contributed by atoms with Gasteiger partial charge in [0.25, 0.3) is 0 Å². The molecule has 0 fully saturated rings. The van der Waals surface area contributed by atoms with Crippen molar-refractivity contribution in [2.24, 2.45) is 0 Å². The zero-order valence-corrected chi connectivity index (χ0v) is 25.9. The van der Waals surface area contributed by atoms with Crippen LogP contribution in [0.4, 0.5) is 17.3 Å². The lowest BCUT2D eigenvalue weighted by molar-refractivity contribution is -0.136. The Kier molecular flexibility index (Phi) is 8.40. The highest BCUT2D eigenvalue weighted by Crippen LogP contribution is 2.34. The molecule has 3 aromatic carbocycles. The molecule has 0 bridgehead atoms. The molecule has 0 atom stereocenters. The van der Waals surface area contributed by atoms with Crippen LogP contribution in [0.25, 0.3) is 28.3 Å². The molecule has 0 spiro atoms. The summed E-state index contributed by atoms with van der Waals surface area (Å²) in [5.74, 6) is 0.361. The molecule has 0 saturated carbocycles. The Morgan fingerprint density at radius 3 is 2.62 bits per heavy atom. The van der Waals surface area contributed by atoms with E-state index in [1.807, 2.05) is 106 Å². The first-order valence-electron chi connectivity index (χ1n) is 15.4. The first kappa shape index (κ1) is 29.8. The molecule has 0 radical (unpaired) electrons. The van der Waals surface area contributed by atoms with Crippen molar-refractivity contribution in [1.82, 2.24) is 24.3 Å². The van der Waals surface area contributed by atoms with Crippen LogP contribution in [0.2, 0.25) is 0 Å². The number of hydrogen-bond acceptors (Lipinski definition) is 7. The highest BCUT2D eigenvalue weighted by Gasteiger charge is 2.22. The van der Waals surface area contributed by atoms with Crippen molar-refractivity contribution in [3.63, 3.8) is 0 Å². The third-order valence-electron chi connectivity index (χ3n) is 8.15. The van der Waals surface area contributed by atoms with Crippen molar-refractivity contribution in [2.75, 3.05) is 30.9 Å². The summed E-state index contributed by atoms with van der Waals surface area (Å²) >= 11 is 0. The van der Waals surface area contributed by atoms with Gasteiger partial charge in [-0.15, -0.1) is 0 Å². The molecule has 1 aliphatic rings. The monoisotopic (exact) mass is 623 g/mol. The van der Waals surface area contributed by atoms with Gasteiger partial charge in [0, 0.05) is 49.5 Å². The van der Waals surface area contributed by atoms with Gasteiger partial charge in [-0.3, -0.25) is 14.0 Å². The summed E-state index contributed by atoms with van der Waals surface area (Å²) in [5.41, 5.74) is 8.69. The van der Waals surface area contributed by atoms with Gasteiger partial charge in [0.2, 0.25) is 17.8 Å². The molecule has 7 rings (SSSR count). The number of nitrogens with zero attached hydrogens (tertiary/aromatic N) is 5. The van der Waals surface area contributed by atoms with Crippen molar-refractivity contribution < 1.29 is 14.3 Å². The zero-order chi connectivity index (χ0) is 32.2. The van der Waals surface area contributed by atoms with E-state index in [4.69, 9.17) is 14.7 Å². The highest BCUT2D eigenvalue weighted by molar-refractivity contribution is 5.93. The smallest absolute Gasteiger partial charge is 0.248 e. The number of fused-ring (bicyclic) bond motifs is 2. The highest BCUT2D eigenvalue weighted by atomic mass is 16.5. The molecule has 6 aromatic rings. The van der Waals surface area contributed by atoms with Crippen molar-refractivity contribution >= 4 is 34.8 Å². The van der Waals surface area contributed by atoms with Crippen molar-refractivity contribution in [3.05, 3.63) is 126 Å². The van der Waals surface area contributed by atoms with Crippen LogP contribution >= 0.6 is 0 Å². The molecule has 234 valence electrons. The number of imidazole rings is 1. The van der Waals surface area contributed by atoms with Crippen LogP contribution in [0.3, 0.4) is 0 Å². The van der Waals surface area contributed by atoms with Gasteiger partial charge in [0.1, 0.15) is 12.3 Å². The van der Waals surface area contributed by atoms with Crippen LogP contribution in [0.15, 0.2) is 109 Å². The minimum Gasteiger partial charge on any atom is -0.375 e. The van der Waals surface area contributed by atoms with Gasteiger partial charge < -0.3 is 20.3 Å². The van der Waals surface area contributed by atoms with E-state index in [1.165, 1.54) is 12.7 Å². The van der Waals surface area contributed by atoms with E-state index in [0.29, 0.717) is 30.4 Å². The molecular formula is C37H33N7O3. The van der Waals surface area contributed by atoms with Crippen LogP contribution in [-0.2, 0) is 33.7 Å². The van der Waals surface area contributed by atoms with Crippen molar-refractivity contribution in [1.29, 1.82) is 0 Å². The van der Waals surface area contributed by atoms with E-state index in [1.54, 1.807) is 6.20 Å². The van der Waals surface area contributed by atoms with E-state index in [-0.39, 0.29) is 24.8 Å². The van der Waals surface area contributed by atoms with Crippen LogP contribution in [0.5, 0.6) is 0 Å². The minimum absolute atomic E-state index is 0.00290. The van der Waals surface area contributed by atoms with Crippen molar-refractivity contribution in [3.8, 4) is 22.6 Å². The van der Waals surface area contributed by atoms with Gasteiger partial charge in [-0.2, -0.15) is 0 Å². The molecule has 47 heavy (non-hydrogen) atoms. The number of amides is 2. The zero-order valence-electron chi connectivity index (χ0n) is 25.9. The molecular weight excluding hydrogens is 590 g/mol. The number of carbonyl (C=O) groups is 2. The molecule has 0 unspecified atom stereocenters. The third kappa shape index (κ3) is 6.58. The number of ether oxygens (including phenoxy) is 1. The third-order valence-corrected chi connectivity index (χ3v) is 8.15. The van der Waals surface area contributed by atoms with Crippen molar-refractivity contribution in [2.45, 2.75) is 19.4 Å². The number of benzene rings is 3. The summed E-state index contributed by atoms with van der Waals surface area (Å²) in [6, 6.07) is 31.2. The van der Waals surface area contributed by atoms with E-state index in [9.17, 15) is 9.59 Å². The lowest BCUT2D eigenvalue weighted by Gasteiger charge is -2.29. The summed E-state index contributed by atoms with van der Waals surface area (Å²) in [6.07, 6.45) is 4.75. The number of nitrogens with one attached hydrogen (secondary N) is 2. The Morgan fingerprint density at radius 2 is 1.74 bits per heavy atom. The number of anilines is 3. The Bertz CT molecular complexity index is 2080. The summed E-state index contributed by atoms with van der Waals surface area (Å²) in [4.78, 5) is 41.3. The standard InChI is InChI=1S/C37H33N7O3/c1-47-24-34(46)43-19-16-26-21-30(14-13-28(26)23-43)40-37-38-17-15-31(41-37)36-35(42-32-12-5-6-18-44(32)36)27-10-7-11-29(22-27)39-33(45)20-25-8-3-2-4-9-25/h2-15,17-18,21-22H,16,19-20,23-24H2,1H3,(H,39,45)(H,38,40,41). The molecule has 0 saturated heterocycles. The Balaban J connectivity index is 1.15. The number of carbonyl (C=O) groups excluding carboxylic acids is 2. The fourth-order valence-corrected chi connectivity index (χ4v) is 5.91. The summed E-state index contributed by atoms with van der Waals surface area (Å²) < 4.78 is 7.04. The number of rotatable bonds is 9. The number of methoxy groups -OCH3 is 1. The molecule has 3 aromatic heterocycles. The average molecular weight is 624 g/mol.